The van der Waals surface area contributed by atoms with E-state index in [9.17, 15) is 9.59 Å². The highest BCUT2D eigenvalue weighted by atomic mass is 32.1. The summed E-state index contributed by atoms with van der Waals surface area (Å²) in [5, 5.41) is 22.5. The molecule has 0 bridgehead atoms. The van der Waals surface area contributed by atoms with Crippen molar-refractivity contribution >= 4 is 28.3 Å². The van der Waals surface area contributed by atoms with Crippen LogP contribution >= 0.6 is 11.3 Å². The summed E-state index contributed by atoms with van der Waals surface area (Å²) in [5.74, 6) is -2.30. The first-order valence-corrected chi connectivity index (χ1v) is 5.14. The number of hydrogen-bond acceptors (Lipinski definition) is 4. The first-order valence-electron chi connectivity index (χ1n) is 4.26. The Balaban J connectivity index is 2.71. The lowest BCUT2D eigenvalue weighted by atomic mass is 10.2. The van der Waals surface area contributed by atoms with Gasteiger partial charge in [-0.3, -0.25) is 4.79 Å². The quantitative estimate of drug-likeness (QED) is 0.710. The number of aryl methyl sites for hydroxylation is 1. The largest absolute Gasteiger partial charge is 0.481 e. The summed E-state index contributed by atoms with van der Waals surface area (Å²) in [4.78, 5) is 21.2. The van der Waals surface area contributed by atoms with Crippen molar-refractivity contribution in [1.29, 1.82) is 0 Å². The van der Waals surface area contributed by atoms with Gasteiger partial charge in [0, 0.05) is 0 Å². The van der Waals surface area contributed by atoms with E-state index in [4.69, 9.17) is 10.2 Å². The fourth-order valence-electron chi connectivity index (χ4n) is 1.05. The van der Waals surface area contributed by atoms with E-state index in [0.717, 1.165) is 5.56 Å². The molecule has 0 aliphatic carbocycles. The molecule has 0 aliphatic rings. The lowest BCUT2D eigenvalue weighted by Crippen LogP contribution is -2.31. The molecule has 1 rings (SSSR count). The van der Waals surface area contributed by atoms with Gasteiger partial charge in [0.05, 0.1) is 11.4 Å². The molecule has 82 valence electrons. The standard InChI is InChI=1S/C9H11NO4S/c1-5-2-3-15-8(5)10-6(9(13)14)4-7(11)12/h2-3,6,10H,4H2,1H3,(H,11,12)(H,13,14). The van der Waals surface area contributed by atoms with Gasteiger partial charge in [-0.25, -0.2) is 4.79 Å². The molecule has 6 heteroatoms. The number of carboxylic acids is 2. The van der Waals surface area contributed by atoms with Gasteiger partial charge in [0.25, 0.3) is 0 Å². The summed E-state index contributed by atoms with van der Waals surface area (Å²) in [6, 6.07) is 0.756. The predicted octanol–water partition coefficient (Wildman–Crippen LogP) is 1.40. The van der Waals surface area contributed by atoms with Crippen molar-refractivity contribution in [2.24, 2.45) is 0 Å². The minimum absolute atomic E-state index is 0.438. The van der Waals surface area contributed by atoms with E-state index >= 15 is 0 Å². The van der Waals surface area contributed by atoms with E-state index in [1.54, 1.807) is 0 Å². The average Bonchev–Trinajstić information content (AvgIpc) is 2.50. The molecule has 1 aromatic rings. The third-order valence-electron chi connectivity index (χ3n) is 1.84. The first-order chi connectivity index (χ1) is 7.00. The van der Waals surface area contributed by atoms with E-state index in [1.807, 2.05) is 18.4 Å². The van der Waals surface area contributed by atoms with E-state index < -0.39 is 24.4 Å². The second-order valence-electron chi connectivity index (χ2n) is 3.07. The van der Waals surface area contributed by atoms with Gasteiger partial charge >= 0.3 is 11.9 Å². The van der Waals surface area contributed by atoms with Crippen LogP contribution in [0.25, 0.3) is 0 Å². The number of aliphatic carboxylic acids is 2. The molecule has 3 N–H and O–H groups in total. The second-order valence-corrected chi connectivity index (χ2v) is 3.98. The smallest absolute Gasteiger partial charge is 0.326 e. The van der Waals surface area contributed by atoms with Crippen LogP contribution in [0.2, 0.25) is 0 Å². The highest BCUT2D eigenvalue weighted by Crippen LogP contribution is 2.23. The molecule has 0 aliphatic heterocycles. The van der Waals surface area contributed by atoms with Crippen LogP contribution in [-0.2, 0) is 9.59 Å². The summed E-state index contributed by atoms with van der Waals surface area (Å²) in [6.07, 6.45) is -0.438. The van der Waals surface area contributed by atoms with Crippen molar-refractivity contribution in [2.45, 2.75) is 19.4 Å². The minimum atomic E-state index is -1.16. The normalized spacial score (nSPS) is 12.1. The minimum Gasteiger partial charge on any atom is -0.481 e. The van der Waals surface area contributed by atoms with Gasteiger partial charge in [-0.2, -0.15) is 0 Å². The molecule has 0 saturated carbocycles. The molecular formula is C9H11NO4S. The molecule has 5 nitrogen and oxygen atoms in total. The van der Waals surface area contributed by atoms with Crippen molar-refractivity contribution in [3.8, 4) is 0 Å². The molecule has 0 aromatic carbocycles. The third kappa shape index (κ3) is 3.25. The van der Waals surface area contributed by atoms with Crippen molar-refractivity contribution < 1.29 is 19.8 Å². The summed E-state index contributed by atoms with van der Waals surface area (Å²) >= 11 is 1.35. The van der Waals surface area contributed by atoms with Crippen LogP contribution in [0.4, 0.5) is 5.00 Å². The third-order valence-corrected chi connectivity index (χ3v) is 2.79. The summed E-state index contributed by atoms with van der Waals surface area (Å²) < 4.78 is 0. The number of hydrogen-bond donors (Lipinski definition) is 3. The van der Waals surface area contributed by atoms with E-state index in [0.29, 0.717) is 5.00 Å². The maximum Gasteiger partial charge on any atom is 0.326 e. The Morgan fingerprint density at radius 1 is 1.53 bits per heavy atom. The number of carboxylic acid groups (broad SMARTS) is 2. The van der Waals surface area contributed by atoms with Gasteiger partial charge in [0.1, 0.15) is 6.04 Å². The second kappa shape index (κ2) is 4.79. The van der Waals surface area contributed by atoms with Gasteiger partial charge in [-0.1, -0.05) is 0 Å². The zero-order valence-electron chi connectivity index (χ0n) is 8.06. The predicted molar refractivity (Wildman–Crippen MR) is 56.4 cm³/mol. The zero-order valence-corrected chi connectivity index (χ0v) is 8.87. The van der Waals surface area contributed by atoms with Crippen LogP contribution in [0, 0.1) is 6.92 Å². The zero-order chi connectivity index (χ0) is 11.4. The summed E-state index contributed by atoms with van der Waals surface area (Å²) in [6.45, 7) is 1.83. The number of thiophene rings is 1. The maximum absolute atomic E-state index is 10.8. The van der Waals surface area contributed by atoms with Crippen LogP contribution in [0.3, 0.4) is 0 Å². The first kappa shape index (κ1) is 11.5. The average molecular weight is 229 g/mol. The molecule has 0 saturated heterocycles. The van der Waals surface area contributed by atoms with Crippen molar-refractivity contribution in [3.05, 3.63) is 17.0 Å². The molecule has 1 aromatic heterocycles. The maximum atomic E-state index is 10.8. The number of carbonyl (C=O) groups is 2. The van der Waals surface area contributed by atoms with Gasteiger partial charge in [-0.05, 0) is 23.9 Å². The van der Waals surface area contributed by atoms with Crippen molar-refractivity contribution in [2.75, 3.05) is 5.32 Å². The molecule has 1 atom stereocenters. The Kier molecular flexibility index (Phi) is 3.68. The summed E-state index contributed by atoms with van der Waals surface area (Å²) in [5.41, 5.74) is 0.914. The van der Waals surface area contributed by atoms with E-state index in [-0.39, 0.29) is 0 Å². The lowest BCUT2D eigenvalue weighted by Gasteiger charge is -2.12. The van der Waals surface area contributed by atoms with Crippen molar-refractivity contribution in [1.82, 2.24) is 0 Å². The summed E-state index contributed by atoms with van der Waals surface area (Å²) in [7, 11) is 0. The molecular weight excluding hydrogens is 218 g/mol. The molecule has 0 fully saturated rings. The van der Waals surface area contributed by atoms with Crippen LogP contribution < -0.4 is 5.32 Å². The Hall–Kier alpha value is -1.56. The van der Waals surface area contributed by atoms with Crippen LogP contribution in [0.15, 0.2) is 11.4 Å². The molecule has 1 heterocycles. The Morgan fingerprint density at radius 3 is 2.60 bits per heavy atom. The lowest BCUT2D eigenvalue weighted by molar-refractivity contribution is -0.144. The highest BCUT2D eigenvalue weighted by molar-refractivity contribution is 7.14. The van der Waals surface area contributed by atoms with E-state index in [1.165, 1.54) is 11.3 Å². The van der Waals surface area contributed by atoms with Crippen LogP contribution in [0.1, 0.15) is 12.0 Å². The number of anilines is 1. The van der Waals surface area contributed by atoms with Crippen LogP contribution in [0.5, 0.6) is 0 Å². The van der Waals surface area contributed by atoms with E-state index in [2.05, 4.69) is 5.32 Å². The fourth-order valence-corrected chi connectivity index (χ4v) is 1.93. The molecule has 15 heavy (non-hydrogen) atoms. The molecule has 0 amide bonds. The van der Waals surface area contributed by atoms with Gasteiger partial charge in [-0.15, -0.1) is 11.3 Å². The van der Waals surface area contributed by atoms with Crippen molar-refractivity contribution in [3.63, 3.8) is 0 Å². The Bertz CT molecular complexity index is 374. The Morgan fingerprint density at radius 2 is 2.20 bits per heavy atom. The SMILES string of the molecule is Cc1ccsc1NC(CC(=O)O)C(=O)O. The van der Waals surface area contributed by atoms with Gasteiger partial charge in [0.2, 0.25) is 0 Å². The fraction of sp³-hybridized carbons (Fsp3) is 0.333. The van der Waals surface area contributed by atoms with Crippen LogP contribution in [-0.4, -0.2) is 28.2 Å². The number of rotatable bonds is 5. The molecule has 1 unspecified atom stereocenters. The number of nitrogens with one attached hydrogen (secondary N) is 1. The Labute approximate surface area is 90.4 Å². The monoisotopic (exact) mass is 229 g/mol. The molecule has 0 spiro atoms. The topological polar surface area (TPSA) is 86.6 Å². The highest BCUT2D eigenvalue weighted by Gasteiger charge is 2.21. The van der Waals surface area contributed by atoms with Gasteiger partial charge in [0.15, 0.2) is 0 Å². The van der Waals surface area contributed by atoms with Gasteiger partial charge < -0.3 is 15.5 Å². The molecule has 0 radical (unpaired) electrons.